The molecular formula is C13H20ClNO. The zero-order valence-corrected chi connectivity index (χ0v) is 10.6. The van der Waals surface area contributed by atoms with Crippen LogP contribution in [-0.2, 0) is 6.42 Å². The standard InChI is InChI=1S/C13H20ClNO/c1-2-15(10-11-16)9-3-4-12-5-7-13(14)8-6-12/h5-8,16H,2-4,9-11H2,1H3. The van der Waals surface area contributed by atoms with Crippen LogP contribution in [0, 0.1) is 0 Å². The van der Waals surface area contributed by atoms with Crippen molar-refractivity contribution in [1.82, 2.24) is 4.90 Å². The molecule has 0 aromatic heterocycles. The Bertz CT molecular complexity index is 286. The minimum Gasteiger partial charge on any atom is -0.395 e. The van der Waals surface area contributed by atoms with Crippen LogP contribution in [0.4, 0.5) is 0 Å². The molecule has 0 amide bonds. The number of rotatable bonds is 7. The highest BCUT2D eigenvalue weighted by atomic mass is 35.5. The van der Waals surface area contributed by atoms with Gasteiger partial charge in [0, 0.05) is 11.6 Å². The molecule has 1 N–H and O–H groups in total. The van der Waals surface area contributed by atoms with E-state index in [-0.39, 0.29) is 6.61 Å². The molecule has 16 heavy (non-hydrogen) atoms. The monoisotopic (exact) mass is 241 g/mol. The molecule has 0 spiro atoms. The van der Waals surface area contributed by atoms with Crippen molar-refractivity contribution in [2.24, 2.45) is 0 Å². The van der Waals surface area contributed by atoms with E-state index < -0.39 is 0 Å². The van der Waals surface area contributed by atoms with Gasteiger partial charge in [-0.1, -0.05) is 30.7 Å². The number of aliphatic hydroxyl groups is 1. The topological polar surface area (TPSA) is 23.5 Å². The van der Waals surface area contributed by atoms with Gasteiger partial charge in [0.1, 0.15) is 0 Å². The minimum atomic E-state index is 0.245. The van der Waals surface area contributed by atoms with Gasteiger partial charge in [-0.15, -0.1) is 0 Å². The van der Waals surface area contributed by atoms with E-state index in [4.69, 9.17) is 16.7 Å². The van der Waals surface area contributed by atoms with Crippen molar-refractivity contribution in [2.75, 3.05) is 26.2 Å². The normalized spacial score (nSPS) is 11.0. The molecule has 2 nitrogen and oxygen atoms in total. The summed E-state index contributed by atoms with van der Waals surface area (Å²) in [5.74, 6) is 0. The summed E-state index contributed by atoms with van der Waals surface area (Å²) in [5.41, 5.74) is 1.32. The molecule has 90 valence electrons. The molecule has 0 aliphatic rings. The zero-order valence-electron chi connectivity index (χ0n) is 9.82. The van der Waals surface area contributed by atoms with Gasteiger partial charge in [-0.05, 0) is 43.6 Å². The molecule has 0 saturated heterocycles. The third-order valence-corrected chi connectivity index (χ3v) is 2.97. The van der Waals surface area contributed by atoms with Crippen LogP contribution >= 0.6 is 11.6 Å². The van der Waals surface area contributed by atoms with Gasteiger partial charge in [-0.25, -0.2) is 0 Å². The highest BCUT2D eigenvalue weighted by molar-refractivity contribution is 6.30. The Balaban J connectivity index is 2.26. The molecule has 0 radical (unpaired) electrons. The number of halogens is 1. The minimum absolute atomic E-state index is 0.245. The van der Waals surface area contributed by atoms with Gasteiger partial charge in [0.2, 0.25) is 0 Å². The van der Waals surface area contributed by atoms with E-state index in [0.29, 0.717) is 0 Å². The van der Waals surface area contributed by atoms with Crippen molar-refractivity contribution >= 4 is 11.6 Å². The highest BCUT2D eigenvalue weighted by Gasteiger charge is 2.01. The predicted molar refractivity (Wildman–Crippen MR) is 69.0 cm³/mol. The number of hydrogen-bond donors (Lipinski definition) is 1. The summed E-state index contributed by atoms with van der Waals surface area (Å²) < 4.78 is 0. The van der Waals surface area contributed by atoms with E-state index >= 15 is 0 Å². The molecule has 0 saturated carbocycles. The third kappa shape index (κ3) is 4.97. The summed E-state index contributed by atoms with van der Waals surface area (Å²) in [5, 5.41) is 9.65. The Hall–Kier alpha value is -0.570. The van der Waals surface area contributed by atoms with Crippen LogP contribution in [0.25, 0.3) is 0 Å². The molecule has 1 aromatic carbocycles. The van der Waals surface area contributed by atoms with Gasteiger partial charge in [0.25, 0.3) is 0 Å². The van der Waals surface area contributed by atoms with Crippen molar-refractivity contribution in [3.63, 3.8) is 0 Å². The first-order chi connectivity index (χ1) is 7.76. The lowest BCUT2D eigenvalue weighted by atomic mass is 10.1. The number of aliphatic hydroxyl groups excluding tert-OH is 1. The molecule has 0 heterocycles. The maximum Gasteiger partial charge on any atom is 0.0558 e. The second-order valence-electron chi connectivity index (χ2n) is 3.89. The zero-order chi connectivity index (χ0) is 11.8. The lowest BCUT2D eigenvalue weighted by Gasteiger charge is -2.18. The first kappa shape index (κ1) is 13.5. The van der Waals surface area contributed by atoms with Crippen LogP contribution in [0.5, 0.6) is 0 Å². The van der Waals surface area contributed by atoms with Crippen LogP contribution in [-0.4, -0.2) is 36.2 Å². The van der Waals surface area contributed by atoms with E-state index in [0.717, 1.165) is 37.5 Å². The fraction of sp³-hybridized carbons (Fsp3) is 0.538. The summed E-state index contributed by atoms with van der Waals surface area (Å²) >= 11 is 5.82. The molecule has 1 rings (SSSR count). The van der Waals surface area contributed by atoms with Gasteiger partial charge in [-0.3, -0.25) is 0 Å². The van der Waals surface area contributed by atoms with Gasteiger partial charge < -0.3 is 10.0 Å². The predicted octanol–water partition coefficient (Wildman–Crippen LogP) is 2.59. The summed E-state index contributed by atoms with van der Waals surface area (Å²) in [4.78, 5) is 2.26. The molecule has 0 atom stereocenters. The smallest absolute Gasteiger partial charge is 0.0558 e. The van der Waals surface area contributed by atoms with E-state index in [1.165, 1.54) is 5.56 Å². The van der Waals surface area contributed by atoms with Gasteiger partial charge >= 0.3 is 0 Å². The molecule has 0 aliphatic heterocycles. The number of likely N-dealkylation sites (N-methyl/N-ethyl adjacent to an activating group) is 1. The Morgan fingerprint density at radius 3 is 2.44 bits per heavy atom. The molecule has 3 heteroatoms. The van der Waals surface area contributed by atoms with Gasteiger partial charge in [-0.2, -0.15) is 0 Å². The van der Waals surface area contributed by atoms with Crippen LogP contribution in [0.1, 0.15) is 18.9 Å². The number of hydrogen-bond acceptors (Lipinski definition) is 2. The largest absolute Gasteiger partial charge is 0.395 e. The molecular weight excluding hydrogens is 222 g/mol. The first-order valence-corrected chi connectivity index (χ1v) is 6.21. The fourth-order valence-corrected chi connectivity index (χ4v) is 1.85. The first-order valence-electron chi connectivity index (χ1n) is 5.84. The Kier molecular flexibility index (Phi) is 6.46. The summed E-state index contributed by atoms with van der Waals surface area (Å²) in [6.07, 6.45) is 2.19. The lowest BCUT2D eigenvalue weighted by Crippen LogP contribution is -2.27. The highest BCUT2D eigenvalue weighted by Crippen LogP contribution is 2.11. The fourth-order valence-electron chi connectivity index (χ4n) is 1.73. The Morgan fingerprint density at radius 1 is 1.19 bits per heavy atom. The number of benzene rings is 1. The molecule has 0 aliphatic carbocycles. The number of nitrogens with zero attached hydrogens (tertiary/aromatic N) is 1. The lowest BCUT2D eigenvalue weighted by molar-refractivity contribution is 0.200. The van der Waals surface area contributed by atoms with Crippen LogP contribution < -0.4 is 0 Å². The van der Waals surface area contributed by atoms with Crippen molar-refractivity contribution in [3.8, 4) is 0 Å². The van der Waals surface area contributed by atoms with Gasteiger partial charge in [0.05, 0.1) is 6.61 Å². The molecule has 0 fully saturated rings. The van der Waals surface area contributed by atoms with Gasteiger partial charge in [0.15, 0.2) is 0 Å². The average Bonchev–Trinajstić information content (AvgIpc) is 2.30. The van der Waals surface area contributed by atoms with E-state index in [1.807, 2.05) is 12.1 Å². The summed E-state index contributed by atoms with van der Waals surface area (Å²) in [6.45, 7) is 5.19. The molecule has 0 bridgehead atoms. The van der Waals surface area contributed by atoms with Crippen LogP contribution in [0.2, 0.25) is 5.02 Å². The SMILES string of the molecule is CCN(CCO)CCCc1ccc(Cl)cc1. The quantitative estimate of drug-likeness (QED) is 0.793. The average molecular weight is 242 g/mol. The van der Waals surface area contributed by atoms with Crippen molar-refractivity contribution < 1.29 is 5.11 Å². The summed E-state index contributed by atoms with van der Waals surface area (Å²) in [6, 6.07) is 8.01. The third-order valence-electron chi connectivity index (χ3n) is 2.72. The second-order valence-corrected chi connectivity index (χ2v) is 4.32. The van der Waals surface area contributed by atoms with E-state index in [9.17, 15) is 0 Å². The second kappa shape index (κ2) is 7.66. The maximum absolute atomic E-state index is 8.86. The van der Waals surface area contributed by atoms with E-state index in [1.54, 1.807) is 0 Å². The van der Waals surface area contributed by atoms with Crippen molar-refractivity contribution in [2.45, 2.75) is 19.8 Å². The van der Waals surface area contributed by atoms with E-state index in [2.05, 4.69) is 24.0 Å². The Morgan fingerprint density at radius 2 is 1.88 bits per heavy atom. The summed E-state index contributed by atoms with van der Waals surface area (Å²) in [7, 11) is 0. The van der Waals surface area contributed by atoms with Crippen molar-refractivity contribution in [3.05, 3.63) is 34.9 Å². The van der Waals surface area contributed by atoms with Crippen LogP contribution in [0.15, 0.2) is 24.3 Å². The maximum atomic E-state index is 8.86. The Labute approximate surface area is 103 Å². The van der Waals surface area contributed by atoms with Crippen molar-refractivity contribution in [1.29, 1.82) is 0 Å². The van der Waals surface area contributed by atoms with Crippen LogP contribution in [0.3, 0.4) is 0 Å². The number of aryl methyl sites for hydroxylation is 1. The molecule has 0 unspecified atom stereocenters. The molecule has 1 aromatic rings.